The summed E-state index contributed by atoms with van der Waals surface area (Å²) < 4.78 is 0.977. The van der Waals surface area contributed by atoms with Crippen molar-refractivity contribution in [2.75, 3.05) is 7.05 Å². The van der Waals surface area contributed by atoms with Crippen molar-refractivity contribution in [1.82, 2.24) is 14.5 Å². The van der Waals surface area contributed by atoms with Crippen LogP contribution in [0.2, 0.25) is 5.02 Å². The second-order valence-electron chi connectivity index (χ2n) is 6.14. The molecule has 27 heavy (non-hydrogen) atoms. The molecule has 0 atom stereocenters. The second-order valence-corrected chi connectivity index (χ2v) is 6.54. The molecule has 0 saturated carbocycles. The van der Waals surface area contributed by atoms with Crippen LogP contribution in [0.4, 0.5) is 0 Å². The Kier molecular flexibility index (Phi) is 5.57. The van der Waals surface area contributed by atoms with E-state index in [1.165, 1.54) is 4.90 Å². The highest BCUT2D eigenvalue weighted by Crippen LogP contribution is 2.15. The molecule has 0 radical (unpaired) electrons. The Hall–Kier alpha value is -3.12. The fourth-order valence-electron chi connectivity index (χ4n) is 2.74. The first-order chi connectivity index (χ1) is 13.0. The zero-order valence-electron chi connectivity index (χ0n) is 14.7. The molecule has 0 spiro atoms. The largest absolute Gasteiger partial charge is 0.337 e. The first-order valence-corrected chi connectivity index (χ1v) is 8.70. The molecule has 0 bridgehead atoms. The van der Waals surface area contributed by atoms with Gasteiger partial charge in [-0.3, -0.25) is 14.2 Å². The van der Waals surface area contributed by atoms with Gasteiger partial charge in [-0.1, -0.05) is 60.1 Å². The van der Waals surface area contributed by atoms with Gasteiger partial charge in [0.25, 0.3) is 11.5 Å². The molecule has 1 aromatic heterocycles. The van der Waals surface area contributed by atoms with E-state index in [1.807, 2.05) is 30.3 Å². The minimum Gasteiger partial charge on any atom is -0.337 e. The van der Waals surface area contributed by atoms with E-state index < -0.39 is 17.2 Å². The van der Waals surface area contributed by atoms with E-state index in [0.29, 0.717) is 17.1 Å². The van der Waals surface area contributed by atoms with Crippen LogP contribution < -0.4 is 11.2 Å². The minimum atomic E-state index is -0.649. The lowest BCUT2D eigenvalue weighted by molar-refractivity contribution is 0.0782. The number of aromatic nitrogens is 2. The van der Waals surface area contributed by atoms with Crippen LogP contribution in [0.1, 0.15) is 21.5 Å². The molecule has 0 aliphatic rings. The number of hydrogen-bond donors (Lipinski definition) is 1. The third-order valence-electron chi connectivity index (χ3n) is 4.19. The molecule has 0 aliphatic heterocycles. The lowest BCUT2D eigenvalue weighted by Crippen LogP contribution is -2.41. The molecule has 1 amide bonds. The summed E-state index contributed by atoms with van der Waals surface area (Å²) in [5.41, 5.74) is 0.217. The number of carbonyl (C=O) groups is 1. The smallest absolute Gasteiger partial charge is 0.328 e. The summed E-state index contributed by atoms with van der Waals surface area (Å²) in [6, 6.07) is 16.4. The minimum absolute atomic E-state index is 0.0165. The predicted molar refractivity (Wildman–Crippen MR) is 104 cm³/mol. The van der Waals surface area contributed by atoms with Gasteiger partial charge in [0.1, 0.15) is 5.56 Å². The topological polar surface area (TPSA) is 75.2 Å². The number of aromatic amines is 1. The van der Waals surface area contributed by atoms with Crippen molar-refractivity contribution < 1.29 is 4.79 Å². The van der Waals surface area contributed by atoms with Crippen molar-refractivity contribution in [3.63, 3.8) is 0 Å². The molecule has 0 saturated heterocycles. The van der Waals surface area contributed by atoms with Gasteiger partial charge in [-0.05, 0) is 17.2 Å². The van der Waals surface area contributed by atoms with Crippen molar-refractivity contribution in [1.29, 1.82) is 0 Å². The van der Waals surface area contributed by atoms with Crippen LogP contribution in [0.5, 0.6) is 0 Å². The molecule has 7 heteroatoms. The van der Waals surface area contributed by atoms with Crippen LogP contribution in [-0.2, 0) is 13.1 Å². The zero-order valence-corrected chi connectivity index (χ0v) is 15.4. The first-order valence-electron chi connectivity index (χ1n) is 8.32. The quantitative estimate of drug-likeness (QED) is 0.735. The lowest BCUT2D eigenvalue weighted by atomic mass is 10.2. The highest BCUT2D eigenvalue weighted by molar-refractivity contribution is 6.31. The van der Waals surface area contributed by atoms with Gasteiger partial charge in [0, 0.05) is 24.8 Å². The van der Waals surface area contributed by atoms with E-state index in [0.717, 1.165) is 16.3 Å². The number of benzene rings is 2. The van der Waals surface area contributed by atoms with Gasteiger partial charge in [-0.15, -0.1) is 0 Å². The van der Waals surface area contributed by atoms with Gasteiger partial charge in [0.2, 0.25) is 0 Å². The molecular weight excluding hydrogens is 366 g/mol. The molecule has 0 aliphatic carbocycles. The third kappa shape index (κ3) is 4.17. The fraction of sp³-hybridized carbons (Fsp3) is 0.150. The molecule has 3 rings (SSSR count). The molecule has 1 heterocycles. The number of carbonyl (C=O) groups excluding carboxylic acids is 1. The van der Waals surface area contributed by atoms with E-state index in [-0.39, 0.29) is 12.1 Å². The number of hydrogen-bond acceptors (Lipinski definition) is 3. The Bertz CT molecular complexity index is 1070. The van der Waals surface area contributed by atoms with Crippen molar-refractivity contribution in [2.45, 2.75) is 13.1 Å². The number of rotatable bonds is 5. The number of amides is 1. The summed E-state index contributed by atoms with van der Waals surface area (Å²) >= 11 is 6.12. The summed E-state index contributed by atoms with van der Waals surface area (Å²) in [5.74, 6) is -0.465. The zero-order chi connectivity index (χ0) is 19.4. The number of nitrogens with one attached hydrogen (secondary N) is 1. The highest BCUT2D eigenvalue weighted by atomic mass is 35.5. The summed E-state index contributed by atoms with van der Waals surface area (Å²) in [6.07, 6.45) is 1.16. The van der Waals surface area contributed by atoms with Gasteiger partial charge < -0.3 is 9.88 Å². The van der Waals surface area contributed by atoms with Crippen LogP contribution in [-0.4, -0.2) is 27.4 Å². The Morgan fingerprint density at radius 3 is 2.44 bits per heavy atom. The second kappa shape index (κ2) is 8.05. The Morgan fingerprint density at radius 1 is 1.07 bits per heavy atom. The summed E-state index contributed by atoms with van der Waals surface area (Å²) in [7, 11) is 1.61. The summed E-state index contributed by atoms with van der Waals surface area (Å²) in [5, 5.41) is 0.446. The van der Waals surface area contributed by atoms with Crippen LogP contribution in [0.25, 0.3) is 0 Å². The monoisotopic (exact) mass is 383 g/mol. The van der Waals surface area contributed by atoms with Crippen molar-refractivity contribution in [2.24, 2.45) is 0 Å². The maximum Gasteiger partial charge on any atom is 0.328 e. The number of H-pyrrole nitrogens is 1. The predicted octanol–water partition coefficient (Wildman–Crippen LogP) is 2.51. The van der Waals surface area contributed by atoms with Crippen LogP contribution >= 0.6 is 11.6 Å². The maximum atomic E-state index is 12.8. The molecule has 3 aromatic rings. The lowest BCUT2D eigenvalue weighted by Gasteiger charge is -2.17. The fourth-order valence-corrected chi connectivity index (χ4v) is 2.94. The molecule has 6 nitrogen and oxygen atoms in total. The molecule has 1 N–H and O–H groups in total. The number of halogens is 1. The first kappa shape index (κ1) is 18.7. The van der Waals surface area contributed by atoms with Crippen LogP contribution in [0.3, 0.4) is 0 Å². The molecular formula is C20H18ClN3O3. The molecule has 0 unspecified atom stereocenters. The Labute approximate surface area is 160 Å². The Balaban J connectivity index is 1.90. The maximum absolute atomic E-state index is 12.8. The van der Waals surface area contributed by atoms with E-state index >= 15 is 0 Å². The van der Waals surface area contributed by atoms with Crippen LogP contribution in [0, 0.1) is 0 Å². The van der Waals surface area contributed by atoms with E-state index in [2.05, 4.69) is 4.98 Å². The van der Waals surface area contributed by atoms with Crippen molar-refractivity contribution in [3.8, 4) is 0 Å². The summed E-state index contributed by atoms with van der Waals surface area (Å²) in [4.78, 5) is 41.5. The number of nitrogens with zero attached hydrogens (tertiary/aromatic N) is 2. The normalized spacial score (nSPS) is 10.6. The summed E-state index contributed by atoms with van der Waals surface area (Å²) in [6.45, 7) is 0.333. The molecule has 0 fully saturated rings. The van der Waals surface area contributed by atoms with Gasteiger partial charge in [0.05, 0.1) is 6.54 Å². The van der Waals surface area contributed by atoms with Crippen molar-refractivity contribution >= 4 is 17.5 Å². The van der Waals surface area contributed by atoms with Crippen molar-refractivity contribution in [3.05, 3.63) is 103 Å². The Morgan fingerprint density at radius 2 is 1.74 bits per heavy atom. The van der Waals surface area contributed by atoms with Gasteiger partial charge >= 0.3 is 5.69 Å². The SMILES string of the molecule is CN(Cc1ccccc1)C(=O)c1c[nH]c(=O)n(Cc2ccccc2Cl)c1=O. The third-order valence-corrected chi connectivity index (χ3v) is 4.56. The van der Waals surface area contributed by atoms with Gasteiger partial charge in [-0.2, -0.15) is 0 Å². The van der Waals surface area contributed by atoms with Gasteiger partial charge in [-0.25, -0.2) is 4.79 Å². The molecule has 138 valence electrons. The highest BCUT2D eigenvalue weighted by Gasteiger charge is 2.19. The molecule has 2 aromatic carbocycles. The standard InChI is InChI=1S/C20H18ClN3O3/c1-23(12-14-7-3-2-4-8-14)18(25)16-11-22-20(27)24(19(16)26)13-15-9-5-6-10-17(15)21/h2-11H,12-13H2,1H3,(H,22,27). The van der Waals surface area contributed by atoms with Gasteiger partial charge in [0.15, 0.2) is 0 Å². The average molecular weight is 384 g/mol. The van der Waals surface area contributed by atoms with E-state index in [4.69, 9.17) is 11.6 Å². The van der Waals surface area contributed by atoms with E-state index in [1.54, 1.807) is 31.3 Å². The van der Waals surface area contributed by atoms with Crippen LogP contribution in [0.15, 0.2) is 70.4 Å². The van der Waals surface area contributed by atoms with E-state index in [9.17, 15) is 14.4 Å². The average Bonchev–Trinajstić information content (AvgIpc) is 2.67.